The molecular weight excluding hydrogens is 392 g/mol. The van der Waals surface area contributed by atoms with Crippen LogP contribution in [-0.2, 0) is 31.3 Å². The zero-order valence-electron chi connectivity index (χ0n) is 13.3. The van der Waals surface area contributed by atoms with E-state index >= 15 is 0 Å². The molecule has 1 aliphatic rings. The van der Waals surface area contributed by atoms with E-state index in [4.69, 9.17) is 15.0 Å². The van der Waals surface area contributed by atoms with Crippen molar-refractivity contribution in [3.8, 4) is 0 Å². The smallest absolute Gasteiger partial charge is 0.241 e. The van der Waals surface area contributed by atoms with Gasteiger partial charge in [-0.1, -0.05) is 12.1 Å². The molecule has 0 unspecified atom stereocenters. The van der Waals surface area contributed by atoms with Gasteiger partial charge < -0.3 is 25.2 Å². The highest BCUT2D eigenvalue weighted by Gasteiger charge is 2.48. The van der Waals surface area contributed by atoms with E-state index in [1.807, 2.05) is 0 Å². The third-order valence-corrected chi connectivity index (χ3v) is 6.36. The number of hydrogen-bond donors (Lipinski definition) is 6. The molecule has 0 spiro atoms. The first-order valence-corrected chi connectivity index (χ1v) is 10.5. The van der Waals surface area contributed by atoms with E-state index in [0.29, 0.717) is 5.56 Å². The molecule has 1 heterocycles. The maximum Gasteiger partial charge on any atom is 0.241 e. The van der Waals surface area contributed by atoms with Gasteiger partial charge in [-0.3, -0.25) is 0 Å². The highest BCUT2D eigenvalue weighted by Crippen LogP contribution is 2.24. The predicted molar refractivity (Wildman–Crippen MR) is 87.3 cm³/mol. The molecular formula is C13H20N2O9S2. The fourth-order valence-electron chi connectivity index (χ4n) is 2.39. The van der Waals surface area contributed by atoms with Gasteiger partial charge >= 0.3 is 0 Å². The molecule has 7 N–H and O–H groups in total. The van der Waals surface area contributed by atoms with Crippen molar-refractivity contribution < 1.29 is 42.0 Å². The third kappa shape index (κ3) is 4.57. The molecule has 0 amide bonds. The van der Waals surface area contributed by atoms with Gasteiger partial charge in [-0.05, 0) is 17.7 Å². The van der Waals surface area contributed by atoms with E-state index in [1.54, 1.807) is 0 Å². The molecule has 26 heavy (non-hydrogen) atoms. The van der Waals surface area contributed by atoms with Crippen LogP contribution in [-0.4, -0.2) is 73.7 Å². The molecule has 1 aliphatic heterocycles. The average Bonchev–Trinajstić information content (AvgIpc) is 2.57. The van der Waals surface area contributed by atoms with E-state index in [2.05, 4.69) is 4.72 Å². The number of nitrogens with two attached hydrogens (primary N) is 1. The number of sulfonamides is 2. The van der Waals surface area contributed by atoms with Gasteiger partial charge in [0.05, 0.1) is 11.5 Å². The molecule has 5 atom stereocenters. The van der Waals surface area contributed by atoms with Crippen molar-refractivity contribution in [2.24, 2.45) is 5.14 Å². The summed E-state index contributed by atoms with van der Waals surface area (Å²) in [5.74, 6) is 0. The topological polar surface area (TPSA) is 196 Å². The largest absolute Gasteiger partial charge is 0.394 e. The third-order valence-electron chi connectivity index (χ3n) is 3.88. The maximum atomic E-state index is 12.3. The van der Waals surface area contributed by atoms with Gasteiger partial charge in [-0.25, -0.2) is 26.7 Å². The van der Waals surface area contributed by atoms with E-state index < -0.39 is 56.5 Å². The Balaban J connectivity index is 2.10. The number of rotatable bonds is 6. The minimum atomic E-state index is -4.32. The molecule has 2 rings (SSSR count). The van der Waals surface area contributed by atoms with E-state index in [-0.39, 0.29) is 11.4 Å². The zero-order chi connectivity index (χ0) is 19.7. The van der Waals surface area contributed by atoms with E-state index in [9.17, 15) is 32.2 Å². The first kappa shape index (κ1) is 21.1. The predicted octanol–water partition coefficient (Wildman–Crippen LogP) is -3.45. The lowest BCUT2D eigenvalue weighted by Crippen LogP contribution is -2.61. The summed E-state index contributed by atoms with van der Waals surface area (Å²) in [5.41, 5.74) is -1.52. The first-order chi connectivity index (χ1) is 12.0. The summed E-state index contributed by atoms with van der Waals surface area (Å²) in [5, 5.41) is 43.3. The Kier molecular flexibility index (Phi) is 6.37. The molecule has 1 saturated heterocycles. The van der Waals surface area contributed by atoms with Crippen LogP contribution in [0, 0.1) is 0 Å². The second kappa shape index (κ2) is 7.84. The van der Waals surface area contributed by atoms with Crippen LogP contribution in [0.15, 0.2) is 29.2 Å². The molecule has 0 saturated carbocycles. The number of ether oxygens (including phenoxy) is 1. The lowest BCUT2D eigenvalue weighted by atomic mass is 10.0. The van der Waals surface area contributed by atoms with E-state index in [1.165, 1.54) is 24.3 Å². The lowest BCUT2D eigenvalue weighted by Gasteiger charge is -2.39. The molecule has 148 valence electrons. The normalized spacial score (nSPS) is 30.3. The highest BCUT2D eigenvalue weighted by molar-refractivity contribution is 7.90. The van der Waals surface area contributed by atoms with Gasteiger partial charge in [0.1, 0.15) is 24.4 Å². The van der Waals surface area contributed by atoms with Crippen molar-refractivity contribution in [2.75, 3.05) is 6.61 Å². The SMILES string of the molecule is NS(=O)(=O)c1ccc(CNS(=O)(=O)[C@@H]2O[C@H](CO)[C@@H](O)[C@H](O)[C@H]2O)cc1. The van der Waals surface area contributed by atoms with Crippen LogP contribution in [0.3, 0.4) is 0 Å². The van der Waals surface area contributed by atoms with Crippen LogP contribution in [0.4, 0.5) is 0 Å². The monoisotopic (exact) mass is 412 g/mol. The minimum absolute atomic E-state index is 0.141. The summed E-state index contributed by atoms with van der Waals surface area (Å²) in [6, 6.07) is 5.09. The van der Waals surface area contributed by atoms with Crippen molar-refractivity contribution in [3.63, 3.8) is 0 Å². The van der Waals surface area contributed by atoms with Crippen molar-refractivity contribution in [1.82, 2.24) is 4.72 Å². The number of aliphatic hydroxyl groups is 4. The molecule has 1 aromatic carbocycles. The number of primary sulfonamides is 1. The number of nitrogens with one attached hydrogen (secondary N) is 1. The highest BCUT2D eigenvalue weighted by atomic mass is 32.2. The Hall–Kier alpha value is -1.16. The summed E-state index contributed by atoms with van der Waals surface area (Å²) in [6.07, 6.45) is -6.79. The average molecular weight is 412 g/mol. The Morgan fingerprint density at radius 3 is 2.08 bits per heavy atom. The summed E-state index contributed by atoms with van der Waals surface area (Å²) in [6.45, 7) is -1.02. The minimum Gasteiger partial charge on any atom is -0.394 e. The van der Waals surface area contributed by atoms with Gasteiger partial charge in [0.15, 0.2) is 0 Å². The molecule has 0 radical (unpaired) electrons. The molecule has 13 heteroatoms. The maximum absolute atomic E-state index is 12.3. The molecule has 1 aromatic rings. The molecule has 1 fully saturated rings. The number of hydrogen-bond acceptors (Lipinski definition) is 9. The van der Waals surface area contributed by atoms with Crippen molar-refractivity contribution in [2.45, 2.75) is 41.3 Å². The molecule has 11 nitrogen and oxygen atoms in total. The second-order valence-corrected chi connectivity index (χ2v) is 9.16. The standard InChI is InChI=1S/C13H20N2O9S2/c14-25(20,21)8-3-1-7(2-4-8)5-15-26(22,23)13-12(19)11(18)10(17)9(6-16)24-13/h1-4,9-13,15-19H,5-6H2,(H2,14,20,21)/t9-,10-,11+,12-,13+/m1/s1. The fourth-order valence-corrected chi connectivity index (χ4v) is 4.25. The summed E-state index contributed by atoms with van der Waals surface area (Å²) < 4.78 is 54.1. The molecule has 0 aliphatic carbocycles. The van der Waals surface area contributed by atoms with Crippen molar-refractivity contribution >= 4 is 20.0 Å². The quantitative estimate of drug-likeness (QED) is 0.275. The van der Waals surface area contributed by atoms with E-state index in [0.717, 1.165) is 0 Å². The first-order valence-electron chi connectivity index (χ1n) is 7.38. The second-order valence-electron chi connectivity index (χ2n) is 5.75. The summed E-state index contributed by atoms with van der Waals surface area (Å²) >= 11 is 0. The van der Waals surface area contributed by atoms with Crippen LogP contribution in [0.5, 0.6) is 0 Å². The summed E-state index contributed by atoms with van der Waals surface area (Å²) in [7, 11) is -8.19. The van der Waals surface area contributed by atoms with Gasteiger partial charge in [-0.2, -0.15) is 0 Å². The van der Waals surface area contributed by atoms with Crippen molar-refractivity contribution in [1.29, 1.82) is 0 Å². The molecule has 0 aromatic heterocycles. The number of aliphatic hydroxyl groups excluding tert-OH is 4. The zero-order valence-corrected chi connectivity index (χ0v) is 15.0. The lowest BCUT2D eigenvalue weighted by molar-refractivity contribution is -0.207. The van der Waals surface area contributed by atoms with Crippen LogP contribution in [0.1, 0.15) is 5.56 Å². The van der Waals surface area contributed by atoms with Crippen LogP contribution in [0.25, 0.3) is 0 Å². The van der Waals surface area contributed by atoms with Crippen molar-refractivity contribution in [3.05, 3.63) is 29.8 Å². The van der Waals surface area contributed by atoms with Crippen LogP contribution < -0.4 is 9.86 Å². The Morgan fingerprint density at radius 2 is 1.58 bits per heavy atom. The molecule has 0 bridgehead atoms. The van der Waals surface area contributed by atoms with Gasteiger partial charge in [-0.15, -0.1) is 0 Å². The van der Waals surface area contributed by atoms with Gasteiger partial charge in [0.25, 0.3) is 0 Å². The van der Waals surface area contributed by atoms with Gasteiger partial charge in [0, 0.05) is 6.54 Å². The Bertz CT molecular complexity index is 824. The van der Waals surface area contributed by atoms with Crippen LogP contribution >= 0.6 is 0 Å². The summed E-state index contributed by atoms with van der Waals surface area (Å²) in [4.78, 5) is -0.141. The fraction of sp³-hybridized carbons (Fsp3) is 0.538. The number of benzene rings is 1. The van der Waals surface area contributed by atoms with Crippen LogP contribution in [0.2, 0.25) is 0 Å². The van der Waals surface area contributed by atoms with Gasteiger partial charge in [0.2, 0.25) is 25.5 Å². The Labute approximate surface area is 150 Å². The Morgan fingerprint density at radius 1 is 1.00 bits per heavy atom.